The highest BCUT2D eigenvalue weighted by Crippen LogP contribution is 2.32. The van der Waals surface area contributed by atoms with Crippen LogP contribution in [0.25, 0.3) is 0 Å². The smallest absolute Gasteiger partial charge is 0.135 e. The second kappa shape index (κ2) is 3.24. The van der Waals surface area contributed by atoms with E-state index in [1.54, 1.807) is 11.9 Å². The van der Waals surface area contributed by atoms with Gasteiger partial charge >= 0.3 is 0 Å². The molecule has 2 nitrogen and oxygen atoms in total. The lowest BCUT2D eigenvalue weighted by Crippen LogP contribution is -2.36. The third kappa shape index (κ3) is 1.98. The predicted molar refractivity (Wildman–Crippen MR) is 55.0 cm³/mol. The summed E-state index contributed by atoms with van der Waals surface area (Å²) in [7, 11) is 0. The molecule has 0 radical (unpaired) electrons. The standard InChI is InChI=1S/C10H13NOS/c1-10(2)7-11-13-9-6-4-3-5-8(9)12-10/h3-6,11H,7H2,1-2H3. The highest BCUT2D eigenvalue weighted by atomic mass is 32.2. The van der Waals surface area contributed by atoms with Crippen molar-refractivity contribution in [3.8, 4) is 5.75 Å². The minimum absolute atomic E-state index is 0.125. The monoisotopic (exact) mass is 195 g/mol. The van der Waals surface area contributed by atoms with Gasteiger partial charge in [-0.3, -0.25) is 4.72 Å². The van der Waals surface area contributed by atoms with Gasteiger partial charge in [0.25, 0.3) is 0 Å². The summed E-state index contributed by atoms with van der Waals surface area (Å²) in [5.41, 5.74) is -0.125. The molecule has 0 saturated heterocycles. The zero-order valence-corrected chi connectivity index (χ0v) is 8.65. The van der Waals surface area contributed by atoms with Crippen LogP contribution in [0, 0.1) is 0 Å². The zero-order valence-electron chi connectivity index (χ0n) is 7.83. The first-order chi connectivity index (χ1) is 6.17. The summed E-state index contributed by atoms with van der Waals surface area (Å²) < 4.78 is 9.15. The molecule has 13 heavy (non-hydrogen) atoms. The Hall–Kier alpha value is -0.670. The van der Waals surface area contributed by atoms with Crippen molar-refractivity contribution >= 4 is 11.9 Å². The van der Waals surface area contributed by atoms with Crippen LogP contribution in [-0.4, -0.2) is 12.1 Å². The molecule has 3 heteroatoms. The van der Waals surface area contributed by atoms with Crippen LogP contribution >= 0.6 is 11.9 Å². The van der Waals surface area contributed by atoms with E-state index in [2.05, 4.69) is 24.6 Å². The van der Waals surface area contributed by atoms with Crippen LogP contribution in [0.1, 0.15) is 13.8 Å². The third-order valence-corrected chi connectivity index (χ3v) is 2.76. The Morgan fingerprint density at radius 2 is 2.15 bits per heavy atom. The molecule has 0 fully saturated rings. The van der Waals surface area contributed by atoms with Crippen LogP contribution in [0.15, 0.2) is 29.2 Å². The molecule has 0 unspecified atom stereocenters. The Balaban J connectivity index is 2.34. The van der Waals surface area contributed by atoms with Gasteiger partial charge < -0.3 is 4.74 Å². The normalized spacial score (nSPS) is 19.8. The molecule has 0 aliphatic carbocycles. The molecule has 0 bridgehead atoms. The van der Waals surface area contributed by atoms with Gasteiger partial charge in [-0.2, -0.15) is 0 Å². The van der Waals surface area contributed by atoms with Crippen LogP contribution in [0.2, 0.25) is 0 Å². The lowest BCUT2D eigenvalue weighted by Gasteiger charge is -2.23. The van der Waals surface area contributed by atoms with E-state index in [1.165, 1.54) is 0 Å². The number of hydrogen-bond donors (Lipinski definition) is 1. The molecule has 0 atom stereocenters. The summed E-state index contributed by atoms with van der Waals surface area (Å²) in [4.78, 5) is 1.16. The van der Waals surface area contributed by atoms with E-state index in [9.17, 15) is 0 Å². The predicted octanol–water partition coefficient (Wildman–Crippen LogP) is 2.45. The van der Waals surface area contributed by atoms with Crippen LogP contribution in [0.3, 0.4) is 0 Å². The van der Waals surface area contributed by atoms with Gasteiger partial charge in [0.15, 0.2) is 0 Å². The summed E-state index contributed by atoms with van der Waals surface area (Å²) in [6, 6.07) is 8.10. The van der Waals surface area contributed by atoms with Crippen LogP contribution in [-0.2, 0) is 0 Å². The average molecular weight is 195 g/mol. The Labute approximate surface area is 82.8 Å². The zero-order chi connectivity index (χ0) is 9.31. The Morgan fingerprint density at radius 1 is 1.38 bits per heavy atom. The summed E-state index contributed by atoms with van der Waals surface area (Å²) in [6.45, 7) is 5.03. The van der Waals surface area contributed by atoms with E-state index >= 15 is 0 Å². The molecule has 0 spiro atoms. The molecule has 0 saturated carbocycles. The van der Waals surface area contributed by atoms with Crippen molar-refractivity contribution in [2.75, 3.05) is 6.54 Å². The Bertz CT molecular complexity index is 312. The summed E-state index contributed by atoms with van der Waals surface area (Å²) in [6.07, 6.45) is 0. The summed E-state index contributed by atoms with van der Waals surface area (Å²) in [5.74, 6) is 0.975. The van der Waals surface area contributed by atoms with Gasteiger partial charge in [0, 0.05) is 6.54 Å². The molecule has 70 valence electrons. The van der Waals surface area contributed by atoms with Gasteiger partial charge in [0.05, 0.1) is 4.90 Å². The number of nitrogens with one attached hydrogen (secondary N) is 1. The second-order valence-electron chi connectivity index (χ2n) is 3.73. The molecule has 1 aliphatic rings. The molecule has 2 rings (SSSR count). The van der Waals surface area contributed by atoms with Gasteiger partial charge in [-0.15, -0.1) is 0 Å². The van der Waals surface area contributed by atoms with Crippen molar-refractivity contribution in [2.24, 2.45) is 0 Å². The van der Waals surface area contributed by atoms with Gasteiger partial charge in [0.1, 0.15) is 11.4 Å². The van der Waals surface area contributed by atoms with E-state index in [4.69, 9.17) is 4.74 Å². The van der Waals surface area contributed by atoms with Crippen LogP contribution in [0.5, 0.6) is 5.75 Å². The van der Waals surface area contributed by atoms with Gasteiger partial charge in [-0.05, 0) is 37.9 Å². The maximum atomic E-state index is 5.86. The molecule has 0 aromatic heterocycles. The van der Waals surface area contributed by atoms with E-state index < -0.39 is 0 Å². The molecule has 1 aliphatic heterocycles. The Kier molecular flexibility index (Phi) is 2.22. The number of rotatable bonds is 0. The largest absolute Gasteiger partial charge is 0.485 e. The fraction of sp³-hybridized carbons (Fsp3) is 0.400. The van der Waals surface area contributed by atoms with E-state index in [0.29, 0.717) is 0 Å². The number of fused-ring (bicyclic) bond motifs is 1. The second-order valence-corrected chi connectivity index (χ2v) is 4.66. The first-order valence-corrected chi connectivity index (χ1v) is 5.17. The fourth-order valence-corrected chi connectivity index (χ4v) is 2.17. The van der Waals surface area contributed by atoms with Crippen molar-refractivity contribution in [1.82, 2.24) is 4.72 Å². The van der Waals surface area contributed by atoms with Crippen LogP contribution < -0.4 is 9.46 Å². The van der Waals surface area contributed by atoms with E-state index in [1.807, 2.05) is 18.2 Å². The molecule has 0 amide bonds. The van der Waals surface area contributed by atoms with Crippen molar-refractivity contribution in [1.29, 1.82) is 0 Å². The van der Waals surface area contributed by atoms with Crippen molar-refractivity contribution in [3.63, 3.8) is 0 Å². The first kappa shape index (κ1) is 8.91. The molecular formula is C10H13NOS. The highest BCUT2D eigenvalue weighted by Gasteiger charge is 2.24. The molecule has 1 aromatic rings. The minimum Gasteiger partial charge on any atom is -0.485 e. The maximum absolute atomic E-state index is 5.86. The fourth-order valence-electron chi connectivity index (χ4n) is 1.24. The van der Waals surface area contributed by atoms with Gasteiger partial charge in [-0.1, -0.05) is 12.1 Å². The van der Waals surface area contributed by atoms with Gasteiger partial charge in [0.2, 0.25) is 0 Å². The van der Waals surface area contributed by atoms with Crippen LogP contribution in [0.4, 0.5) is 0 Å². The quantitative estimate of drug-likeness (QED) is 0.642. The molecule has 1 N–H and O–H groups in total. The SMILES string of the molecule is CC1(C)CNSc2ccccc2O1. The summed E-state index contributed by atoms with van der Waals surface area (Å²) in [5, 5.41) is 0. The van der Waals surface area contributed by atoms with Crippen molar-refractivity contribution in [3.05, 3.63) is 24.3 Å². The lowest BCUT2D eigenvalue weighted by molar-refractivity contribution is 0.114. The highest BCUT2D eigenvalue weighted by molar-refractivity contribution is 7.97. The lowest BCUT2D eigenvalue weighted by atomic mass is 10.1. The van der Waals surface area contributed by atoms with Crippen molar-refractivity contribution < 1.29 is 4.74 Å². The van der Waals surface area contributed by atoms with Gasteiger partial charge in [-0.25, -0.2) is 0 Å². The third-order valence-electron chi connectivity index (χ3n) is 1.92. The Morgan fingerprint density at radius 3 is 3.00 bits per heavy atom. The average Bonchev–Trinajstić information content (AvgIpc) is 2.21. The van der Waals surface area contributed by atoms with E-state index in [0.717, 1.165) is 17.2 Å². The van der Waals surface area contributed by atoms with E-state index in [-0.39, 0.29) is 5.60 Å². The topological polar surface area (TPSA) is 21.3 Å². The maximum Gasteiger partial charge on any atom is 0.135 e. The number of benzene rings is 1. The molecular weight excluding hydrogens is 182 g/mol. The minimum atomic E-state index is -0.125. The number of hydrogen-bond acceptors (Lipinski definition) is 3. The number of para-hydroxylation sites is 1. The summed E-state index contributed by atoms with van der Waals surface area (Å²) >= 11 is 1.64. The first-order valence-electron chi connectivity index (χ1n) is 4.35. The molecule has 1 aromatic carbocycles. The number of ether oxygens (including phenoxy) is 1. The van der Waals surface area contributed by atoms with Crippen molar-refractivity contribution in [2.45, 2.75) is 24.3 Å². The molecule has 1 heterocycles.